The molecule has 0 radical (unpaired) electrons. The fraction of sp³-hybridized carbons (Fsp3) is 0.750. The average molecular weight is 234 g/mol. The Labute approximate surface area is 88.3 Å². The summed E-state index contributed by atoms with van der Waals surface area (Å²) in [5, 5.41) is 4.85. The van der Waals surface area contributed by atoms with Crippen molar-refractivity contribution in [3.05, 3.63) is 0 Å². The second-order valence-corrected chi connectivity index (χ2v) is 5.86. The molecule has 2 amide bonds. The van der Waals surface area contributed by atoms with Gasteiger partial charge in [-0.3, -0.25) is 4.79 Å². The second-order valence-electron chi connectivity index (χ2n) is 3.63. The van der Waals surface area contributed by atoms with Crippen LogP contribution in [-0.2, 0) is 14.6 Å². The molecular formula is C8H14N2O4S. The van der Waals surface area contributed by atoms with Gasteiger partial charge in [-0.1, -0.05) is 0 Å². The summed E-state index contributed by atoms with van der Waals surface area (Å²) >= 11 is 0. The maximum Gasteiger partial charge on any atom is 0.315 e. The molecule has 1 aliphatic rings. The summed E-state index contributed by atoms with van der Waals surface area (Å²) in [7, 11) is -2.98. The third-order valence-corrected chi connectivity index (χ3v) is 3.83. The zero-order chi connectivity index (χ0) is 11.5. The molecule has 1 rings (SSSR count). The molecule has 1 heterocycles. The van der Waals surface area contributed by atoms with Crippen LogP contribution in [0.4, 0.5) is 4.79 Å². The van der Waals surface area contributed by atoms with Gasteiger partial charge < -0.3 is 10.6 Å². The van der Waals surface area contributed by atoms with Gasteiger partial charge in [-0.15, -0.1) is 0 Å². The standard InChI is InChI=1S/C8H14N2O4S/c1-6(11)4-9-8(12)10-7-2-3-15(13,14)5-7/h7H,2-5H2,1H3,(H2,9,10,12). The van der Waals surface area contributed by atoms with Gasteiger partial charge in [0.25, 0.3) is 0 Å². The molecule has 1 unspecified atom stereocenters. The number of hydrogen-bond donors (Lipinski definition) is 2. The highest BCUT2D eigenvalue weighted by molar-refractivity contribution is 7.91. The van der Waals surface area contributed by atoms with Crippen LogP contribution in [0.15, 0.2) is 0 Å². The summed E-state index contributed by atoms with van der Waals surface area (Å²) in [6.07, 6.45) is 0.440. The van der Waals surface area contributed by atoms with E-state index in [0.29, 0.717) is 6.42 Å². The van der Waals surface area contributed by atoms with Gasteiger partial charge >= 0.3 is 6.03 Å². The largest absolute Gasteiger partial charge is 0.334 e. The number of hydrogen-bond acceptors (Lipinski definition) is 4. The van der Waals surface area contributed by atoms with Crippen LogP contribution in [0.5, 0.6) is 0 Å². The minimum atomic E-state index is -2.98. The number of carbonyl (C=O) groups excluding carboxylic acids is 2. The number of carbonyl (C=O) groups is 2. The summed E-state index contributed by atoms with van der Waals surface area (Å²) in [4.78, 5) is 21.7. The molecule has 0 saturated carbocycles. The maximum absolute atomic E-state index is 11.1. The Hall–Kier alpha value is -1.11. The molecular weight excluding hydrogens is 220 g/mol. The van der Waals surface area contributed by atoms with Crippen LogP contribution in [0.1, 0.15) is 13.3 Å². The summed E-state index contributed by atoms with van der Waals surface area (Å²) in [5.74, 6) is -0.0466. The number of sulfone groups is 1. The van der Waals surface area contributed by atoms with E-state index in [2.05, 4.69) is 10.6 Å². The van der Waals surface area contributed by atoms with Gasteiger partial charge in [0, 0.05) is 6.04 Å². The number of rotatable bonds is 3. The second kappa shape index (κ2) is 4.61. The lowest BCUT2D eigenvalue weighted by Gasteiger charge is -2.10. The first kappa shape index (κ1) is 12.0. The van der Waals surface area contributed by atoms with Crippen LogP contribution < -0.4 is 10.6 Å². The molecule has 2 N–H and O–H groups in total. The fourth-order valence-corrected chi connectivity index (χ4v) is 3.02. The lowest BCUT2D eigenvalue weighted by Crippen LogP contribution is -2.44. The number of ketones is 1. The van der Waals surface area contributed by atoms with Crippen molar-refractivity contribution in [2.45, 2.75) is 19.4 Å². The molecule has 0 aromatic rings. The predicted molar refractivity (Wildman–Crippen MR) is 54.3 cm³/mol. The lowest BCUT2D eigenvalue weighted by atomic mass is 10.3. The third kappa shape index (κ3) is 4.28. The first-order valence-corrected chi connectivity index (χ1v) is 6.45. The highest BCUT2D eigenvalue weighted by Crippen LogP contribution is 2.10. The third-order valence-electron chi connectivity index (χ3n) is 2.07. The van der Waals surface area contributed by atoms with Crippen LogP contribution >= 0.6 is 0 Å². The summed E-state index contributed by atoms with van der Waals surface area (Å²) in [6, 6.07) is -0.825. The molecule has 1 fully saturated rings. The van der Waals surface area contributed by atoms with Crippen molar-refractivity contribution in [1.29, 1.82) is 0 Å². The zero-order valence-corrected chi connectivity index (χ0v) is 9.26. The van der Waals surface area contributed by atoms with E-state index in [4.69, 9.17) is 0 Å². The zero-order valence-electron chi connectivity index (χ0n) is 8.45. The highest BCUT2D eigenvalue weighted by atomic mass is 32.2. The number of urea groups is 1. The molecule has 0 aliphatic carbocycles. The lowest BCUT2D eigenvalue weighted by molar-refractivity contribution is -0.116. The summed E-state index contributed by atoms with van der Waals surface area (Å²) < 4.78 is 22.1. The van der Waals surface area contributed by atoms with Crippen molar-refractivity contribution in [2.75, 3.05) is 18.1 Å². The number of nitrogens with one attached hydrogen (secondary N) is 2. The quantitative estimate of drug-likeness (QED) is 0.659. The Morgan fingerprint density at radius 1 is 1.40 bits per heavy atom. The van der Waals surface area contributed by atoms with E-state index in [0.717, 1.165) is 0 Å². The molecule has 0 aromatic heterocycles. The van der Waals surface area contributed by atoms with Crippen molar-refractivity contribution in [2.24, 2.45) is 0 Å². The van der Waals surface area contributed by atoms with E-state index < -0.39 is 15.9 Å². The van der Waals surface area contributed by atoms with Crippen LogP contribution in [0.2, 0.25) is 0 Å². The molecule has 15 heavy (non-hydrogen) atoms. The molecule has 0 spiro atoms. The van der Waals surface area contributed by atoms with Crippen molar-refractivity contribution in [3.8, 4) is 0 Å². The van der Waals surface area contributed by atoms with E-state index in [1.807, 2.05) is 0 Å². The van der Waals surface area contributed by atoms with Gasteiger partial charge in [-0.05, 0) is 13.3 Å². The Balaban J connectivity index is 2.31. The van der Waals surface area contributed by atoms with Gasteiger partial charge in [0.1, 0.15) is 5.78 Å². The van der Waals surface area contributed by atoms with Crippen molar-refractivity contribution >= 4 is 21.7 Å². The normalized spacial score (nSPS) is 23.4. The Bertz CT molecular complexity index is 363. The SMILES string of the molecule is CC(=O)CNC(=O)NC1CCS(=O)(=O)C1. The number of amides is 2. The first-order chi connectivity index (χ1) is 6.89. The van der Waals surface area contributed by atoms with Crippen LogP contribution in [0.25, 0.3) is 0 Å². The van der Waals surface area contributed by atoms with Crippen molar-refractivity contribution in [3.63, 3.8) is 0 Å². The van der Waals surface area contributed by atoms with E-state index >= 15 is 0 Å². The molecule has 7 heteroatoms. The molecule has 86 valence electrons. The first-order valence-electron chi connectivity index (χ1n) is 4.63. The Kier molecular flexibility index (Phi) is 3.67. The summed E-state index contributed by atoms with van der Waals surface area (Å²) in [5.41, 5.74) is 0. The van der Waals surface area contributed by atoms with E-state index in [9.17, 15) is 18.0 Å². The van der Waals surface area contributed by atoms with Gasteiger partial charge in [-0.25, -0.2) is 13.2 Å². The minimum absolute atomic E-state index is 0.0134. The van der Waals surface area contributed by atoms with Gasteiger partial charge in [0.05, 0.1) is 18.1 Å². The van der Waals surface area contributed by atoms with Crippen molar-refractivity contribution in [1.82, 2.24) is 10.6 Å². The van der Waals surface area contributed by atoms with E-state index in [1.165, 1.54) is 6.92 Å². The molecule has 6 nitrogen and oxygen atoms in total. The van der Waals surface area contributed by atoms with Crippen LogP contribution in [0, 0.1) is 0 Å². The maximum atomic E-state index is 11.1. The van der Waals surface area contributed by atoms with E-state index in [1.54, 1.807) is 0 Å². The average Bonchev–Trinajstić information content (AvgIpc) is 2.42. The molecule has 0 aromatic carbocycles. The Morgan fingerprint density at radius 3 is 2.53 bits per heavy atom. The number of Topliss-reactive ketones (excluding diaryl/α,β-unsaturated/α-hetero) is 1. The minimum Gasteiger partial charge on any atom is -0.334 e. The van der Waals surface area contributed by atoms with Gasteiger partial charge in [0.15, 0.2) is 9.84 Å². The van der Waals surface area contributed by atoms with Crippen molar-refractivity contribution < 1.29 is 18.0 Å². The topological polar surface area (TPSA) is 92.3 Å². The molecule has 1 atom stereocenters. The fourth-order valence-electron chi connectivity index (χ4n) is 1.35. The van der Waals surface area contributed by atoms with E-state index in [-0.39, 0.29) is 29.9 Å². The smallest absolute Gasteiger partial charge is 0.315 e. The van der Waals surface area contributed by atoms with Gasteiger partial charge in [0.2, 0.25) is 0 Å². The monoisotopic (exact) mass is 234 g/mol. The van der Waals surface area contributed by atoms with Crippen LogP contribution in [0.3, 0.4) is 0 Å². The van der Waals surface area contributed by atoms with Crippen LogP contribution in [-0.4, -0.2) is 44.3 Å². The Morgan fingerprint density at radius 2 is 2.07 bits per heavy atom. The highest BCUT2D eigenvalue weighted by Gasteiger charge is 2.28. The predicted octanol–water partition coefficient (Wildman–Crippen LogP) is -0.938. The summed E-state index contributed by atoms with van der Waals surface area (Å²) in [6.45, 7) is 1.33. The molecule has 0 bridgehead atoms. The molecule has 1 aliphatic heterocycles. The van der Waals surface area contributed by atoms with Gasteiger partial charge in [-0.2, -0.15) is 0 Å². The molecule has 1 saturated heterocycles.